The average molecular weight is 343 g/mol. The largest absolute Gasteiger partial charge is 0.508 e. The first-order valence-corrected chi connectivity index (χ1v) is 8.45. The van der Waals surface area contributed by atoms with Gasteiger partial charge in [-0.1, -0.05) is 18.2 Å². The lowest BCUT2D eigenvalue weighted by atomic mass is 9.89. The van der Waals surface area contributed by atoms with E-state index in [1.807, 2.05) is 12.1 Å². The van der Waals surface area contributed by atoms with Crippen molar-refractivity contribution in [3.8, 4) is 11.5 Å². The van der Waals surface area contributed by atoms with Crippen LogP contribution in [0.4, 0.5) is 4.39 Å². The third kappa shape index (κ3) is 3.99. The van der Waals surface area contributed by atoms with Gasteiger partial charge in [0.05, 0.1) is 12.7 Å². The Labute approximate surface area is 146 Å². The number of ketones is 1. The summed E-state index contributed by atoms with van der Waals surface area (Å²) >= 11 is 0. The zero-order chi connectivity index (χ0) is 17.8. The molecule has 2 aromatic carbocycles. The predicted octanol–water partition coefficient (Wildman–Crippen LogP) is 3.63. The molecule has 5 heteroatoms. The first-order valence-electron chi connectivity index (χ1n) is 8.45. The number of para-hydroxylation sites is 1. The van der Waals surface area contributed by atoms with Gasteiger partial charge in [0, 0.05) is 24.6 Å². The second-order valence-corrected chi connectivity index (χ2v) is 6.41. The van der Waals surface area contributed by atoms with E-state index in [9.17, 15) is 14.3 Å². The van der Waals surface area contributed by atoms with Crippen molar-refractivity contribution >= 4 is 5.78 Å². The number of rotatable bonds is 5. The number of phenolic OH excluding ortho intramolecular Hbond substituents is 1. The summed E-state index contributed by atoms with van der Waals surface area (Å²) < 4.78 is 18.8. The molecule has 0 radical (unpaired) electrons. The highest BCUT2D eigenvalue weighted by molar-refractivity contribution is 6.00. The van der Waals surface area contributed by atoms with E-state index in [2.05, 4.69) is 4.90 Å². The van der Waals surface area contributed by atoms with E-state index < -0.39 is 5.82 Å². The van der Waals surface area contributed by atoms with E-state index >= 15 is 0 Å². The van der Waals surface area contributed by atoms with Crippen LogP contribution < -0.4 is 4.74 Å². The summed E-state index contributed by atoms with van der Waals surface area (Å²) in [7, 11) is 1.48. The van der Waals surface area contributed by atoms with E-state index in [4.69, 9.17) is 4.74 Å². The average Bonchev–Trinajstić information content (AvgIpc) is 2.63. The molecule has 1 aliphatic rings. The summed E-state index contributed by atoms with van der Waals surface area (Å²) in [5.41, 5.74) is 1.15. The molecule has 3 rings (SSSR count). The van der Waals surface area contributed by atoms with Gasteiger partial charge in [-0.3, -0.25) is 9.69 Å². The van der Waals surface area contributed by atoms with Gasteiger partial charge in [-0.15, -0.1) is 0 Å². The number of hydrogen-bond acceptors (Lipinski definition) is 4. The highest BCUT2D eigenvalue weighted by Gasteiger charge is 2.28. The van der Waals surface area contributed by atoms with Gasteiger partial charge in [0.2, 0.25) is 0 Å². The Hall–Kier alpha value is -2.40. The highest BCUT2D eigenvalue weighted by atomic mass is 19.1. The molecule has 0 aliphatic carbocycles. The molecule has 25 heavy (non-hydrogen) atoms. The summed E-state index contributed by atoms with van der Waals surface area (Å²) in [4.78, 5) is 15.0. The van der Waals surface area contributed by atoms with Crippen molar-refractivity contribution in [3.63, 3.8) is 0 Å². The van der Waals surface area contributed by atoms with E-state index in [1.165, 1.54) is 25.3 Å². The monoisotopic (exact) mass is 343 g/mol. The second kappa shape index (κ2) is 7.66. The minimum Gasteiger partial charge on any atom is -0.508 e. The van der Waals surface area contributed by atoms with E-state index in [1.54, 1.807) is 12.1 Å². The zero-order valence-electron chi connectivity index (χ0n) is 14.2. The lowest BCUT2D eigenvalue weighted by Gasteiger charge is -2.32. The quantitative estimate of drug-likeness (QED) is 0.842. The number of carbonyl (C=O) groups excluding carboxylic acids is 1. The third-order valence-corrected chi connectivity index (χ3v) is 4.69. The minimum atomic E-state index is -0.439. The van der Waals surface area contributed by atoms with Crippen LogP contribution in [0, 0.1) is 11.7 Å². The number of aromatic hydroxyl groups is 1. The Kier molecular flexibility index (Phi) is 5.34. The molecule has 0 aromatic heterocycles. The van der Waals surface area contributed by atoms with Crippen molar-refractivity contribution in [1.29, 1.82) is 0 Å². The fourth-order valence-corrected chi connectivity index (χ4v) is 3.39. The molecule has 4 nitrogen and oxygen atoms in total. The SMILES string of the molecule is COc1ccc(F)cc1C(=O)[C@@H]1CCCN(Cc2ccccc2O)C1. The summed E-state index contributed by atoms with van der Waals surface area (Å²) in [6, 6.07) is 11.3. The summed E-state index contributed by atoms with van der Waals surface area (Å²) in [6.07, 6.45) is 1.66. The van der Waals surface area contributed by atoms with Crippen molar-refractivity contribution in [3.05, 3.63) is 59.4 Å². The van der Waals surface area contributed by atoms with E-state index in [-0.39, 0.29) is 17.5 Å². The first kappa shape index (κ1) is 17.4. The number of Topliss-reactive ketones (excluding diaryl/α,β-unsaturated/α-hetero) is 1. The Morgan fingerprint density at radius 1 is 1.32 bits per heavy atom. The Morgan fingerprint density at radius 2 is 2.12 bits per heavy atom. The number of likely N-dealkylation sites (tertiary alicyclic amines) is 1. The Morgan fingerprint density at radius 3 is 2.88 bits per heavy atom. The molecular formula is C20H22FNO3. The van der Waals surface area contributed by atoms with Crippen LogP contribution in [0.2, 0.25) is 0 Å². The zero-order valence-corrected chi connectivity index (χ0v) is 14.2. The molecule has 1 atom stereocenters. The van der Waals surface area contributed by atoms with Crippen molar-refractivity contribution in [2.45, 2.75) is 19.4 Å². The number of carbonyl (C=O) groups is 1. The van der Waals surface area contributed by atoms with Gasteiger partial charge in [-0.05, 0) is 43.7 Å². The number of nitrogens with zero attached hydrogens (tertiary/aromatic N) is 1. The van der Waals surface area contributed by atoms with Crippen molar-refractivity contribution in [2.24, 2.45) is 5.92 Å². The van der Waals surface area contributed by atoms with Gasteiger partial charge < -0.3 is 9.84 Å². The summed E-state index contributed by atoms with van der Waals surface area (Å²) in [6.45, 7) is 2.06. The topological polar surface area (TPSA) is 49.8 Å². The van der Waals surface area contributed by atoms with Crippen LogP contribution in [0.25, 0.3) is 0 Å². The molecule has 0 unspecified atom stereocenters. The number of hydrogen-bond donors (Lipinski definition) is 1. The molecule has 132 valence electrons. The smallest absolute Gasteiger partial charge is 0.171 e. The molecule has 1 heterocycles. The van der Waals surface area contributed by atoms with Crippen LogP contribution in [0.15, 0.2) is 42.5 Å². The summed E-state index contributed by atoms with van der Waals surface area (Å²) in [5, 5.41) is 9.94. The fraction of sp³-hybridized carbons (Fsp3) is 0.350. The maximum Gasteiger partial charge on any atom is 0.171 e. The highest BCUT2D eigenvalue weighted by Crippen LogP contribution is 2.28. The van der Waals surface area contributed by atoms with Crippen molar-refractivity contribution in [1.82, 2.24) is 4.90 Å². The number of halogens is 1. The number of piperidine rings is 1. The van der Waals surface area contributed by atoms with Gasteiger partial charge in [-0.2, -0.15) is 0 Å². The fourth-order valence-electron chi connectivity index (χ4n) is 3.39. The minimum absolute atomic E-state index is 0.0849. The van der Waals surface area contributed by atoms with Crippen molar-refractivity contribution in [2.75, 3.05) is 20.2 Å². The molecule has 0 saturated carbocycles. The molecule has 1 fully saturated rings. The maximum absolute atomic E-state index is 13.6. The predicted molar refractivity (Wildman–Crippen MR) is 93.4 cm³/mol. The number of phenols is 1. The number of ether oxygens (including phenoxy) is 1. The van der Waals surface area contributed by atoms with Crippen LogP contribution in [0.3, 0.4) is 0 Å². The van der Waals surface area contributed by atoms with Crippen LogP contribution in [-0.4, -0.2) is 36.0 Å². The molecule has 1 aliphatic heterocycles. The molecular weight excluding hydrogens is 321 g/mol. The normalized spacial score (nSPS) is 18.1. The van der Waals surface area contributed by atoms with Crippen LogP contribution >= 0.6 is 0 Å². The van der Waals surface area contributed by atoms with Gasteiger partial charge in [0.15, 0.2) is 5.78 Å². The van der Waals surface area contributed by atoms with E-state index in [0.717, 1.165) is 24.9 Å². The molecule has 0 amide bonds. The van der Waals surface area contributed by atoms with Gasteiger partial charge in [-0.25, -0.2) is 4.39 Å². The van der Waals surface area contributed by atoms with Gasteiger partial charge >= 0.3 is 0 Å². The lowest BCUT2D eigenvalue weighted by molar-refractivity contribution is 0.0807. The van der Waals surface area contributed by atoms with Gasteiger partial charge in [0.25, 0.3) is 0 Å². The Bertz CT molecular complexity index is 762. The van der Waals surface area contributed by atoms with Crippen LogP contribution in [0.1, 0.15) is 28.8 Å². The summed E-state index contributed by atoms with van der Waals surface area (Å²) in [5.74, 6) is -0.0494. The number of methoxy groups -OCH3 is 1. The standard InChI is InChI=1S/C20H22FNO3/c1-25-19-9-8-16(21)11-17(19)20(24)15-6-4-10-22(13-15)12-14-5-2-3-7-18(14)23/h2-3,5,7-9,11,15,23H,4,6,10,12-13H2,1H3/t15-/m1/s1. The Balaban J connectivity index is 1.74. The molecule has 2 aromatic rings. The molecule has 1 saturated heterocycles. The molecule has 0 bridgehead atoms. The van der Waals surface area contributed by atoms with Crippen LogP contribution in [-0.2, 0) is 6.54 Å². The lowest BCUT2D eigenvalue weighted by Crippen LogP contribution is -2.38. The first-order chi connectivity index (χ1) is 12.1. The molecule has 0 spiro atoms. The van der Waals surface area contributed by atoms with E-state index in [0.29, 0.717) is 24.4 Å². The van der Waals surface area contributed by atoms with Gasteiger partial charge in [0.1, 0.15) is 17.3 Å². The van der Waals surface area contributed by atoms with Crippen LogP contribution in [0.5, 0.6) is 11.5 Å². The molecule has 1 N–H and O–H groups in total. The van der Waals surface area contributed by atoms with Crippen molar-refractivity contribution < 1.29 is 19.0 Å². The number of benzene rings is 2. The maximum atomic E-state index is 13.6. The second-order valence-electron chi connectivity index (χ2n) is 6.41. The third-order valence-electron chi connectivity index (χ3n) is 4.69.